The number of hydrogen-bond donors (Lipinski definition) is 1. The number of hydrogen-bond acceptors (Lipinski definition) is 6. The lowest BCUT2D eigenvalue weighted by Crippen LogP contribution is -2.10. The van der Waals surface area contributed by atoms with Crippen LogP contribution in [0.4, 0.5) is 5.13 Å². The average molecular weight is 286 g/mol. The molecule has 6 nitrogen and oxygen atoms in total. The Labute approximate surface area is 118 Å². The van der Waals surface area contributed by atoms with E-state index in [-0.39, 0.29) is 5.76 Å². The van der Waals surface area contributed by atoms with Gasteiger partial charge in [0.1, 0.15) is 11.2 Å². The van der Waals surface area contributed by atoms with Crippen LogP contribution < -0.4 is 5.32 Å². The van der Waals surface area contributed by atoms with Crippen LogP contribution in [0.3, 0.4) is 0 Å². The van der Waals surface area contributed by atoms with E-state index in [1.165, 1.54) is 16.8 Å². The van der Waals surface area contributed by atoms with E-state index < -0.39 is 5.91 Å². The zero-order chi connectivity index (χ0) is 13.9. The molecule has 7 heteroatoms. The summed E-state index contributed by atoms with van der Waals surface area (Å²) in [4.78, 5) is 11.9. The van der Waals surface area contributed by atoms with E-state index in [1.54, 1.807) is 6.07 Å². The van der Waals surface area contributed by atoms with Crippen LogP contribution >= 0.6 is 11.3 Å². The summed E-state index contributed by atoms with van der Waals surface area (Å²) < 4.78 is 5.05. The number of amides is 1. The highest BCUT2D eigenvalue weighted by Gasteiger charge is 2.15. The van der Waals surface area contributed by atoms with Gasteiger partial charge in [-0.25, -0.2) is 0 Å². The smallest absolute Gasteiger partial charge is 0.296 e. The lowest BCUT2D eigenvalue weighted by atomic mass is 10.1. The Hall–Kier alpha value is -2.54. The fraction of sp³-hybridized carbons (Fsp3) is 0.0769. The molecule has 2 heterocycles. The zero-order valence-electron chi connectivity index (χ0n) is 10.5. The van der Waals surface area contributed by atoms with Crippen molar-refractivity contribution in [1.29, 1.82) is 0 Å². The number of carbonyl (C=O) groups is 1. The van der Waals surface area contributed by atoms with Gasteiger partial charge in [0.2, 0.25) is 10.9 Å². The van der Waals surface area contributed by atoms with Crippen molar-refractivity contribution in [2.45, 2.75) is 6.92 Å². The first-order chi connectivity index (χ1) is 9.72. The Morgan fingerprint density at radius 1 is 1.30 bits per heavy atom. The molecule has 0 fully saturated rings. The maximum atomic E-state index is 11.9. The molecule has 1 N–H and O–H groups in total. The van der Waals surface area contributed by atoms with Crippen molar-refractivity contribution in [3.63, 3.8) is 0 Å². The first-order valence-corrected chi connectivity index (χ1v) is 6.71. The van der Waals surface area contributed by atoms with Crippen LogP contribution in [0, 0.1) is 6.92 Å². The zero-order valence-corrected chi connectivity index (χ0v) is 11.3. The van der Waals surface area contributed by atoms with Gasteiger partial charge >= 0.3 is 0 Å². The fourth-order valence-corrected chi connectivity index (χ4v) is 2.07. The third-order valence-corrected chi connectivity index (χ3v) is 3.27. The molecule has 3 rings (SSSR count). The Balaban J connectivity index is 1.79. The van der Waals surface area contributed by atoms with E-state index in [0.717, 1.165) is 11.1 Å². The van der Waals surface area contributed by atoms with Crippen LogP contribution in [0.15, 0.2) is 40.4 Å². The second-order valence-corrected chi connectivity index (χ2v) is 4.97. The van der Waals surface area contributed by atoms with E-state index in [4.69, 9.17) is 4.52 Å². The molecule has 0 bridgehead atoms. The number of carbonyl (C=O) groups excluding carboxylic acids is 1. The monoisotopic (exact) mass is 286 g/mol. The number of nitrogens with zero attached hydrogens (tertiary/aromatic N) is 3. The molecule has 0 aliphatic rings. The molecule has 0 unspecified atom stereocenters. The summed E-state index contributed by atoms with van der Waals surface area (Å²) in [6.45, 7) is 2.01. The van der Waals surface area contributed by atoms with Gasteiger partial charge in [0.15, 0.2) is 0 Å². The van der Waals surface area contributed by atoms with Crippen molar-refractivity contribution in [3.8, 4) is 11.3 Å². The molecule has 0 aliphatic carbocycles. The van der Waals surface area contributed by atoms with Crippen LogP contribution in [-0.4, -0.2) is 21.3 Å². The molecule has 0 saturated heterocycles. The van der Waals surface area contributed by atoms with Gasteiger partial charge in [-0.3, -0.25) is 10.1 Å². The van der Waals surface area contributed by atoms with Gasteiger partial charge in [0.05, 0.1) is 0 Å². The number of anilines is 1. The van der Waals surface area contributed by atoms with Gasteiger partial charge in [-0.1, -0.05) is 46.3 Å². The lowest BCUT2D eigenvalue weighted by Gasteiger charge is -1.95. The molecule has 1 amide bonds. The Kier molecular flexibility index (Phi) is 3.26. The molecule has 3 aromatic rings. The van der Waals surface area contributed by atoms with Gasteiger partial charge in [0.25, 0.3) is 5.91 Å². The number of benzene rings is 1. The highest BCUT2D eigenvalue weighted by atomic mass is 32.1. The Morgan fingerprint density at radius 2 is 2.10 bits per heavy atom. The molecule has 100 valence electrons. The van der Waals surface area contributed by atoms with Gasteiger partial charge in [-0.05, 0) is 6.92 Å². The first kappa shape index (κ1) is 12.5. The minimum absolute atomic E-state index is 0.135. The van der Waals surface area contributed by atoms with Gasteiger partial charge < -0.3 is 4.52 Å². The number of aryl methyl sites for hydroxylation is 1. The van der Waals surface area contributed by atoms with Crippen molar-refractivity contribution in [2.75, 3.05) is 5.32 Å². The van der Waals surface area contributed by atoms with E-state index in [2.05, 4.69) is 20.7 Å². The number of nitrogens with one attached hydrogen (secondary N) is 1. The molecule has 20 heavy (non-hydrogen) atoms. The average Bonchev–Trinajstić information content (AvgIpc) is 3.10. The number of aromatic nitrogens is 3. The third kappa shape index (κ3) is 2.57. The van der Waals surface area contributed by atoms with E-state index in [9.17, 15) is 4.79 Å². The number of rotatable bonds is 3. The summed E-state index contributed by atoms with van der Waals surface area (Å²) in [6.07, 6.45) is 0. The van der Waals surface area contributed by atoms with Crippen LogP contribution in [0.2, 0.25) is 0 Å². The standard InChI is InChI=1S/C13H10N4O2S/c1-8-2-4-9(5-3-8)10-6-11(19-17-10)12(18)15-13-16-14-7-20-13/h2-7H,1H3,(H,15,16,18). The van der Waals surface area contributed by atoms with Gasteiger partial charge in [-0.2, -0.15) is 0 Å². The summed E-state index contributed by atoms with van der Waals surface area (Å²) in [5.41, 5.74) is 4.21. The van der Waals surface area contributed by atoms with Crippen molar-refractivity contribution < 1.29 is 9.32 Å². The van der Waals surface area contributed by atoms with Crippen LogP contribution in [-0.2, 0) is 0 Å². The van der Waals surface area contributed by atoms with Crippen molar-refractivity contribution in [3.05, 3.63) is 47.2 Å². The SMILES string of the molecule is Cc1ccc(-c2cc(C(=O)Nc3nncs3)on2)cc1. The van der Waals surface area contributed by atoms with E-state index in [0.29, 0.717) is 10.8 Å². The largest absolute Gasteiger partial charge is 0.350 e. The van der Waals surface area contributed by atoms with E-state index in [1.807, 2.05) is 31.2 Å². The first-order valence-electron chi connectivity index (χ1n) is 5.83. The minimum atomic E-state index is -0.396. The van der Waals surface area contributed by atoms with Crippen LogP contribution in [0.5, 0.6) is 0 Å². The molecule has 0 atom stereocenters. The highest BCUT2D eigenvalue weighted by Crippen LogP contribution is 2.20. The van der Waals surface area contributed by atoms with Crippen LogP contribution in [0.1, 0.15) is 16.1 Å². The summed E-state index contributed by atoms with van der Waals surface area (Å²) in [6, 6.07) is 9.41. The predicted octanol–water partition coefficient (Wildman–Crippen LogP) is 2.75. The fourth-order valence-electron chi connectivity index (χ4n) is 1.63. The molecular formula is C13H10N4O2S. The highest BCUT2D eigenvalue weighted by molar-refractivity contribution is 7.13. The van der Waals surface area contributed by atoms with Gasteiger partial charge in [0, 0.05) is 11.6 Å². The maximum absolute atomic E-state index is 11.9. The summed E-state index contributed by atoms with van der Waals surface area (Å²) in [5.74, 6) is -0.261. The Bertz CT molecular complexity index is 719. The lowest BCUT2D eigenvalue weighted by molar-refractivity contribution is 0.0988. The molecule has 2 aromatic heterocycles. The van der Waals surface area contributed by atoms with Crippen molar-refractivity contribution >= 4 is 22.4 Å². The predicted molar refractivity (Wildman–Crippen MR) is 74.5 cm³/mol. The summed E-state index contributed by atoms with van der Waals surface area (Å²) in [7, 11) is 0. The minimum Gasteiger partial charge on any atom is -0.350 e. The second kappa shape index (κ2) is 5.22. The van der Waals surface area contributed by atoms with Crippen LogP contribution in [0.25, 0.3) is 11.3 Å². The summed E-state index contributed by atoms with van der Waals surface area (Å²) in [5, 5.41) is 14.3. The topological polar surface area (TPSA) is 80.9 Å². The molecule has 1 aromatic carbocycles. The molecule has 0 radical (unpaired) electrons. The normalized spacial score (nSPS) is 10.4. The van der Waals surface area contributed by atoms with E-state index >= 15 is 0 Å². The van der Waals surface area contributed by atoms with Crippen molar-refractivity contribution in [2.24, 2.45) is 0 Å². The second-order valence-electron chi connectivity index (χ2n) is 4.14. The van der Waals surface area contributed by atoms with Gasteiger partial charge in [-0.15, -0.1) is 10.2 Å². The molecule has 0 saturated carbocycles. The summed E-state index contributed by atoms with van der Waals surface area (Å²) >= 11 is 1.23. The Morgan fingerprint density at radius 3 is 2.80 bits per heavy atom. The van der Waals surface area contributed by atoms with Crippen molar-refractivity contribution in [1.82, 2.24) is 15.4 Å². The quantitative estimate of drug-likeness (QED) is 0.800. The maximum Gasteiger partial charge on any atom is 0.296 e. The molecular weight excluding hydrogens is 276 g/mol. The molecule has 0 spiro atoms. The third-order valence-electron chi connectivity index (χ3n) is 2.66. The molecule has 0 aliphatic heterocycles.